The van der Waals surface area contributed by atoms with Crippen LogP contribution in [0, 0.1) is 5.82 Å². The molecule has 2 aromatic rings. The molecule has 2 saturated heterocycles. The number of amides is 1. The van der Waals surface area contributed by atoms with Crippen LogP contribution in [0.2, 0.25) is 0 Å². The van der Waals surface area contributed by atoms with Crippen LogP contribution in [0.4, 0.5) is 10.1 Å². The first-order valence-corrected chi connectivity index (χ1v) is 12.8. The molecule has 6 nitrogen and oxygen atoms in total. The lowest BCUT2D eigenvalue weighted by molar-refractivity contribution is 0.0608. The number of hydrogen-bond donors (Lipinski definition) is 0. The Labute approximate surface area is 189 Å². The normalized spacial score (nSPS) is 20.4. The zero-order valence-corrected chi connectivity index (χ0v) is 19.2. The van der Waals surface area contributed by atoms with Crippen LogP contribution in [-0.4, -0.2) is 62.3 Å². The predicted molar refractivity (Wildman–Crippen MR) is 123 cm³/mol. The average Bonchev–Trinajstić information content (AvgIpc) is 2.84. The number of carbonyl (C=O) groups is 1. The number of piperazine rings is 1. The fraction of sp³-hybridized carbons (Fsp3) is 0.458. The van der Waals surface area contributed by atoms with Crippen molar-refractivity contribution < 1.29 is 17.6 Å². The second kappa shape index (κ2) is 9.58. The first-order valence-electron chi connectivity index (χ1n) is 11.3. The lowest BCUT2D eigenvalue weighted by atomic mass is 9.99. The minimum absolute atomic E-state index is 0.0882. The van der Waals surface area contributed by atoms with Crippen LogP contribution in [0.3, 0.4) is 0 Å². The number of halogens is 1. The van der Waals surface area contributed by atoms with Gasteiger partial charge < -0.3 is 9.80 Å². The smallest absolute Gasteiger partial charge is 0.254 e. The van der Waals surface area contributed by atoms with Crippen molar-refractivity contribution in [3.8, 4) is 0 Å². The molecule has 0 aliphatic carbocycles. The Balaban J connectivity index is 1.47. The molecule has 1 atom stereocenters. The third-order valence-electron chi connectivity index (χ3n) is 6.51. The Bertz CT molecular complexity index is 1050. The molecule has 0 saturated carbocycles. The lowest BCUT2D eigenvalue weighted by Gasteiger charge is -2.36. The van der Waals surface area contributed by atoms with Gasteiger partial charge in [-0.3, -0.25) is 4.79 Å². The summed E-state index contributed by atoms with van der Waals surface area (Å²) < 4.78 is 41.2. The number of hydrogen-bond acceptors (Lipinski definition) is 4. The zero-order valence-electron chi connectivity index (χ0n) is 18.4. The van der Waals surface area contributed by atoms with Gasteiger partial charge in [0.2, 0.25) is 10.0 Å². The van der Waals surface area contributed by atoms with Gasteiger partial charge in [0, 0.05) is 50.0 Å². The molecule has 1 amide bonds. The summed E-state index contributed by atoms with van der Waals surface area (Å²) in [6.07, 6.45) is 4.01. The van der Waals surface area contributed by atoms with Gasteiger partial charge in [-0.15, -0.1) is 0 Å². The van der Waals surface area contributed by atoms with Gasteiger partial charge in [0.1, 0.15) is 5.82 Å². The van der Waals surface area contributed by atoms with E-state index < -0.39 is 10.0 Å². The molecule has 32 heavy (non-hydrogen) atoms. The van der Waals surface area contributed by atoms with Gasteiger partial charge in [-0.1, -0.05) is 13.0 Å². The fourth-order valence-electron chi connectivity index (χ4n) is 4.64. The lowest BCUT2D eigenvalue weighted by Crippen LogP contribution is -2.48. The molecule has 2 heterocycles. The highest BCUT2D eigenvalue weighted by Crippen LogP contribution is 2.25. The summed E-state index contributed by atoms with van der Waals surface area (Å²) in [4.78, 5) is 17.2. The van der Waals surface area contributed by atoms with Crippen molar-refractivity contribution in [1.29, 1.82) is 0 Å². The van der Waals surface area contributed by atoms with Crippen LogP contribution in [0.25, 0.3) is 0 Å². The molecule has 0 spiro atoms. The molecule has 0 aromatic heterocycles. The molecule has 0 radical (unpaired) electrons. The molecule has 2 fully saturated rings. The van der Waals surface area contributed by atoms with Crippen molar-refractivity contribution in [2.45, 2.75) is 43.5 Å². The number of nitrogens with zero attached hydrogens (tertiary/aromatic N) is 3. The largest absolute Gasteiger partial charge is 0.369 e. The van der Waals surface area contributed by atoms with Crippen LogP contribution in [0.1, 0.15) is 43.0 Å². The predicted octanol–water partition coefficient (Wildman–Crippen LogP) is 3.74. The van der Waals surface area contributed by atoms with Crippen LogP contribution < -0.4 is 4.90 Å². The van der Waals surface area contributed by atoms with Crippen LogP contribution in [0.15, 0.2) is 53.4 Å². The van der Waals surface area contributed by atoms with E-state index in [0.717, 1.165) is 37.9 Å². The summed E-state index contributed by atoms with van der Waals surface area (Å²) >= 11 is 0. The molecule has 172 valence electrons. The van der Waals surface area contributed by atoms with Crippen molar-refractivity contribution in [1.82, 2.24) is 9.21 Å². The zero-order chi connectivity index (χ0) is 22.7. The minimum Gasteiger partial charge on any atom is -0.369 e. The highest BCUT2D eigenvalue weighted by Gasteiger charge is 2.31. The van der Waals surface area contributed by atoms with Gasteiger partial charge in [-0.25, -0.2) is 12.8 Å². The molecule has 0 bridgehead atoms. The first-order chi connectivity index (χ1) is 15.4. The Morgan fingerprint density at radius 3 is 2.41 bits per heavy atom. The third-order valence-corrected chi connectivity index (χ3v) is 8.40. The molecule has 8 heteroatoms. The molecule has 2 aliphatic heterocycles. The van der Waals surface area contributed by atoms with E-state index in [-0.39, 0.29) is 22.7 Å². The monoisotopic (exact) mass is 459 g/mol. The minimum atomic E-state index is -3.70. The van der Waals surface area contributed by atoms with Crippen LogP contribution in [-0.2, 0) is 10.0 Å². The average molecular weight is 460 g/mol. The molecule has 0 N–H and O–H groups in total. The number of benzene rings is 2. The van der Waals surface area contributed by atoms with Crippen LogP contribution >= 0.6 is 0 Å². The summed E-state index contributed by atoms with van der Waals surface area (Å²) in [5.74, 6) is -0.381. The second-order valence-electron chi connectivity index (χ2n) is 8.45. The van der Waals surface area contributed by atoms with Gasteiger partial charge in [-0.2, -0.15) is 4.31 Å². The summed E-state index contributed by atoms with van der Waals surface area (Å²) in [5, 5.41) is 0. The summed E-state index contributed by atoms with van der Waals surface area (Å²) in [6.45, 7) is 4.52. The first kappa shape index (κ1) is 22.7. The Morgan fingerprint density at radius 2 is 1.72 bits per heavy atom. The van der Waals surface area contributed by atoms with E-state index in [1.54, 1.807) is 30.3 Å². The van der Waals surface area contributed by atoms with Crippen molar-refractivity contribution in [2.24, 2.45) is 0 Å². The second-order valence-corrected chi connectivity index (χ2v) is 10.4. The summed E-state index contributed by atoms with van der Waals surface area (Å²) in [7, 11) is -3.70. The molecular weight excluding hydrogens is 429 g/mol. The van der Waals surface area contributed by atoms with E-state index in [9.17, 15) is 17.6 Å². The van der Waals surface area contributed by atoms with Gasteiger partial charge in [0.15, 0.2) is 0 Å². The van der Waals surface area contributed by atoms with E-state index in [1.807, 2.05) is 9.80 Å². The van der Waals surface area contributed by atoms with Gasteiger partial charge >= 0.3 is 0 Å². The Hall–Kier alpha value is -2.45. The molecule has 1 unspecified atom stereocenters. The number of carbonyl (C=O) groups excluding carboxylic acids is 1. The molecule has 2 aliphatic rings. The number of anilines is 1. The maximum absolute atomic E-state index is 13.3. The standard InChI is InChI=1S/C24H30FN3O3S/c1-2-21-7-3-4-13-28(21)24(29)19-6-5-8-23(18-19)32(30,31)27-16-14-26(15-17-27)22-11-9-20(25)10-12-22/h5-6,8-12,18,21H,2-4,7,13-17H2,1H3. The van der Waals surface area contributed by atoms with Crippen molar-refractivity contribution in [3.05, 3.63) is 59.9 Å². The third kappa shape index (κ3) is 4.66. The van der Waals surface area contributed by atoms with E-state index in [2.05, 4.69) is 6.92 Å². The maximum Gasteiger partial charge on any atom is 0.254 e. The van der Waals surface area contributed by atoms with E-state index in [1.165, 1.54) is 22.5 Å². The topological polar surface area (TPSA) is 60.9 Å². The van der Waals surface area contributed by atoms with E-state index >= 15 is 0 Å². The van der Waals surface area contributed by atoms with Crippen molar-refractivity contribution in [3.63, 3.8) is 0 Å². The Morgan fingerprint density at radius 1 is 1.00 bits per heavy atom. The summed E-state index contributed by atoms with van der Waals surface area (Å²) in [5.41, 5.74) is 1.31. The van der Waals surface area contributed by atoms with E-state index in [4.69, 9.17) is 0 Å². The number of likely N-dealkylation sites (tertiary alicyclic amines) is 1. The number of rotatable bonds is 5. The fourth-order valence-corrected chi connectivity index (χ4v) is 6.10. The molecule has 2 aromatic carbocycles. The highest BCUT2D eigenvalue weighted by atomic mass is 32.2. The number of sulfonamides is 1. The quantitative estimate of drug-likeness (QED) is 0.684. The summed E-state index contributed by atoms with van der Waals surface area (Å²) in [6, 6.07) is 12.9. The van der Waals surface area contributed by atoms with Gasteiger partial charge in [0.05, 0.1) is 4.90 Å². The van der Waals surface area contributed by atoms with Crippen molar-refractivity contribution >= 4 is 21.6 Å². The van der Waals surface area contributed by atoms with Crippen LogP contribution in [0.5, 0.6) is 0 Å². The maximum atomic E-state index is 13.3. The van der Waals surface area contributed by atoms with Crippen molar-refractivity contribution in [2.75, 3.05) is 37.6 Å². The molecular formula is C24H30FN3O3S. The van der Waals surface area contributed by atoms with E-state index in [0.29, 0.717) is 31.7 Å². The molecule has 4 rings (SSSR count). The van der Waals surface area contributed by atoms with Gasteiger partial charge in [0.25, 0.3) is 5.91 Å². The SMILES string of the molecule is CCC1CCCCN1C(=O)c1cccc(S(=O)(=O)N2CCN(c3ccc(F)cc3)CC2)c1. The van der Waals surface area contributed by atoms with Gasteiger partial charge in [-0.05, 0) is 68.1 Å². The Kier molecular flexibility index (Phi) is 6.81. The highest BCUT2D eigenvalue weighted by molar-refractivity contribution is 7.89. The number of piperidine rings is 1.